The van der Waals surface area contributed by atoms with E-state index >= 15 is 0 Å². The van der Waals surface area contributed by atoms with Crippen LogP contribution in [0.4, 0.5) is 0 Å². The largest absolute Gasteiger partial charge is 0.506 e. The first-order valence-corrected chi connectivity index (χ1v) is 4.85. The van der Waals surface area contributed by atoms with E-state index in [1.54, 1.807) is 12.1 Å². The number of aromatic hydroxyl groups is 1. The van der Waals surface area contributed by atoms with Gasteiger partial charge in [-0.3, -0.25) is 0 Å². The number of rotatable bonds is 1. The van der Waals surface area contributed by atoms with Crippen molar-refractivity contribution in [2.24, 2.45) is 0 Å². The minimum atomic E-state index is 0. The minimum Gasteiger partial charge on any atom is -0.506 e. The zero-order valence-corrected chi connectivity index (χ0v) is 9.59. The minimum absolute atomic E-state index is 0. The first-order valence-electron chi connectivity index (χ1n) is 4.10. The van der Waals surface area contributed by atoms with Gasteiger partial charge in [0.15, 0.2) is 0 Å². The Morgan fingerprint density at radius 3 is 2.50 bits per heavy atom. The lowest BCUT2D eigenvalue weighted by molar-refractivity contribution is 0.364. The molecule has 1 aromatic rings. The summed E-state index contributed by atoms with van der Waals surface area (Å²) in [6.45, 7) is 0.980. The zero-order valence-electron chi connectivity index (χ0n) is 7.26. The van der Waals surface area contributed by atoms with Crippen molar-refractivity contribution in [2.45, 2.75) is 12.5 Å². The van der Waals surface area contributed by atoms with Gasteiger partial charge in [0, 0.05) is 16.6 Å². The molecule has 0 spiro atoms. The summed E-state index contributed by atoms with van der Waals surface area (Å²) in [4.78, 5) is 0. The van der Waals surface area contributed by atoms with E-state index in [2.05, 4.69) is 5.32 Å². The Balaban J connectivity index is 0.000000980. The van der Waals surface area contributed by atoms with Crippen molar-refractivity contribution in [1.29, 1.82) is 0 Å². The van der Waals surface area contributed by atoms with E-state index in [1.165, 1.54) is 0 Å². The Morgan fingerprint density at radius 1 is 1.36 bits per heavy atom. The summed E-state index contributed by atoms with van der Waals surface area (Å²) in [6.07, 6.45) is 1.02. The molecule has 2 rings (SSSR count). The van der Waals surface area contributed by atoms with E-state index < -0.39 is 0 Å². The molecule has 0 aromatic heterocycles. The molecule has 0 amide bonds. The van der Waals surface area contributed by atoms with Crippen molar-refractivity contribution >= 4 is 35.6 Å². The summed E-state index contributed by atoms with van der Waals surface area (Å²) >= 11 is 11.6. The highest BCUT2D eigenvalue weighted by molar-refractivity contribution is 6.35. The fraction of sp³-hybridized carbons (Fsp3) is 0.333. The van der Waals surface area contributed by atoms with E-state index in [0.29, 0.717) is 10.0 Å². The van der Waals surface area contributed by atoms with Gasteiger partial charge in [0.25, 0.3) is 0 Å². The first-order chi connectivity index (χ1) is 6.18. The van der Waals surface area contributed by atoms with Gasteiger partial charge in [0.05, 0.1) is 5.02 Å². The fourth-order valence-electron chi connectivity index (χ4n) is 1.41. The summed E-state index contributed by atoms with van der Waals surface area (Å²) in [6, 6.07) is 3.50. The standard InChI is InChI=1S/C9H9Cl2NO.ClH/c10-5-3-6(8-1-2-12-8)9(13)7(11)4-5;/h3-4,8,12-13H,1-2H2;1H/t8-;/m0./s1. The molecular weight excluding hydrogens is 244 g/mol. The molecule has 1 aliphatic heterocycles. The van der Waals surface area contributed by atoms with Crippen LogP contribution in [-0.4, -0.2) is 11.7 Å². The van der Waals surface area contributed by atoms with Crippen LogP contribution in [0.25, 0.3) is 0 Å². The molecule has 0 aliphatic carbocycles. The van der Waals surface area contributed by atoms with Crippen molar-refractivity contribution in [2.75, 3.05) is 6.54 Å². The maximum Gasteiger partial charge on any atom is 0.139 e. The van der Waals surface area contributed by atoms with E-state index in [1.807, 2.05) is 0 Å². The summed E-state index contributed by atoms with van der Waals surface area (Å²) in [5.41, 5.74) is 0.795. The Bertz CT molecular complexity index is 339. The predicted molar refractivity (Wildman–Crippen MR) is 60.7 cm³/mol. The number of phenols is 1. The van der Waals surface area contributed by atoms with Crippen LogP contribution in [0.2, 0.25) is 10.0 Å². The lowest BCUT2D eigenvalue weighted by Gasteiger charge is -2.28. The second-order valence-electron chi connectivity index (χ2n) is 3.12. The van der Waals surface area contributed by atoms with Gasteiger partial charge in [-0.05, 0) is 25.1 Å². The van der Waals surface area contributed by atoms with Crippen molar-refractivity contribution in [3.63, 3.8) is 0 Å². The lowest BCUT2D eigenvalue weighted by atomic mass is 9.97. The van der Waals surface area contributed by atoms with E-state index in [0.717, 1.165) is 18.5 Å². The van der Waals surface area contributed by atoms with Crippen LogP contribution in [0.5, 0.6) is 5.75 Å². The zero-order chi connectivity index (χ0) is 9.42. The number of benzene rings is 1. The number of nitrogens with one attached hydrogen (secondary N) is 1. The molecule has 0 radical (unpaired) electrons. The number of hydrogen-bond donors (Lipinski definition) is 2. The number of phenolic OH excluding ortho intramolecular Hbond substituents is 1. The maximum absolute atomic E-state index is 9.63. The Kier molecular flexibility index (Phi) is 3.90. The first kappa shape index (κ1) is 11.9. The molecule has 0 bridgehead atoms. The second kappa shape index (κ2) is 4.58. The molecule has 1 heterocycles. The molecule has 1 saturated heterocycles. The van der Waals surface area contributed by atoms with Crippen LogP contribution >= 0.6 is 35.6 Å². The summed E-state index contributed by atoms with van der Waals surface area (Å²) < 4.78 is 0. The van der Waals surface area contributed by atoms with Crippen LogP contribution in [0.3, 0.4) is 0 Å². The van der Waals surface area contributed by atoms with Crippen LogP contribution in [0.1, 0.15) is 18.0 Å². The molecule has 5 heteroatoms. The summed E-state index contributed by atoms with van der Waals surface area (Å²) in [7, 11) is 0. The summed E-state index contributed by atoms with van der Waals surface area (Å²) in [5, 5.41) is 13.7. The molecule has 2 N–H and O–H groups in total. The molecule has 78 valence electrons. The fourth-order valence-corrected chi connectivity index (χ4v) is 1.91. The van der Waals surface area contributed by atoms with Crippen LogP contribution < -0.4 is 5.32 Å². The van der Waals surface area contributed by atoms with Gasteiger partial charge >= 0.3 is 0 Å². The van der Waals surface area contributed by atoms with Crippen LogP contribution in [0, 0.1) is 0 Å². The highest BCUT2D eigenvalue weighted by Crippen LogP contribution is 2.37. The Hall–Kier alpha value is -0.150. The maximum atomic E-state index is 9.63. The van der Waals surface area contributed by atoms with Crippen molar-refractivity contribution < 1.29 is 5.11 Å². The number of halogens is 3. The molecule has 14 heavy (non-hydrogen) atoms. The topological polar surface area (TPSA) is 32.3 Å². The second-order valence-corrected chi connectivity index (χ2v) is 3.96. The molecule has 1 fully saturated rings. The predicted octanol–water partition coefficient (Wildman–Crippen LogP) is 3.16. The summed E-state index contributed by atoms with van der Waals surface area (Å²) in [5.74, 6) is 0.142. The SMILES string of the molecule is Cl.Oc1c(Cl)cc(Cl)cc1[C@@H]1CCN1. The molecule has 1 aliphatic rings. The average molecular weight is 255 g/mol. The smallest absolute Gasteiger partial charge is 0.139 e. The van der Waals surface area contributed by atoms with Crippen molar-refractivity contribution in [3.8, 4) is 5.75 Å². The van der Waals surface area contributed by atoms with Crippen molar-refractivity contribution in [1.82, 2.24) is 5.32 Å². The normalized spacial score (nSPS) is 19.7. The quantitative estimate of drug-likeness (QED) is 0.807. The third-order valence-corrected chi connectivity index (χ3v) is 2.76. The molecule has 1 atom stereocenters. The van der Waals surface area contributed by atoms with Crippen molar-refractivity contribution in [3.05, 3.63) is 27.7 Å². The average Bonchev–Trinajstić information content (AvgIpc) is 1.95. The van der Waals surface area contributed by atoms with Gasteiger partial charge in [-0.15, -0.1) is 12.4 Å². The third kappa shape index (κ3) is 2.09. The molecular formula is C9H10Cl3NO. The third-order valence-electron chi connectivity index (χ3n) is 2.26. The van der Waals surface area contributed by atoms with E-state index in [-0.39, 0.29) is 24.2 Å². The molecule has 0 saturated carbocycles. The number of hydrogen-bond acceptors (Lipinski definition) is 2. The Labute approximate surface area is 98.6 Å². The molecule has 1 aromatic carbocycles. The van der Waals surface area contributed by atoms with Gasteiger partial charge in [0.2, 0.25) is 0 Å². The van der Waals surface area contributed by atoms with Gasteiger partial charge in [-0.25, -0.2) is 0 Å². The van der Waals surface area contributed by atoms with E-state index in [4.69, 9.17) is 23.2 Å². The lowest BCUT2D eigenvalue weighted by Crippen LogP contribution is -2.34. The Morgan fingerprint density at radius 2 is 2.00 bits per heavy atom. The van der Waals surface area contributed by atoms with Crippen LogP contribution in [-0.2, 0) is 0 Å². The van der Waals surface area contributed by atoms with Gasteiger partial charge < -0.3 is 10.4 Å². The molecule has 0 unspecified atom stereocenters. The van der Waals surface area contributed by atoms with E-state index in [9.17, 15) is 5.11 Å². The highest BCUT2D eigenvalue weighted by atomic mass is 35.5. The highest BCUT2D eigenvalue weighted by Gasteiger charge is 2.23. The monoisotopic (exact) mass is 253 g/mol. The van der Waals surface area contributed by atoms with Gasteiger partial charge in [-0.1, -0.05) is 23.2 Å². The van der Waals surface area contributed by atoms with Gasteiger partial charge in [0.1, 0.15) is 5.75 Å². The van der Waals surface area contributed by atoms with Gasteiger partial charge in [-0.2, -0.15) is 0 Å². The molecule has 2 nitrogen and oxygen atoms in total. The van der Waals surface area contributed by atoms with Crippen LogP contribution in [0.15, 0.2) is 12.1 Å².